The highest BCUT2D eigenvalue weighted by atomic mass is 16.6. The van der Waals surface area contributed by atoms with Crippen LogP contribution in [0, 0.1) is 0 Å². The number of hydrogen-bond acceptors (Lipinski definition) is 4. The smallest absolute Gasteiger partial charge is 0.306 e. The van der Waals surface area contributed by atoms with Crippen LogP contribution < -0.4 is 5.73 Å². The van der Waals surface area contributed by atoms with Crippen LogP contribution in [0.1, 0.15) is 53.4 Å². The highest BCUT2D eigenvalue weighted by Crippen LogP contribution is 2.10. The van der Waals surface area contributed by atoms with E-state index in [1.54, 1.807) is 20.8 Å². The lowest BCUT2D eigenvalue weighted by Crippen LogP contribution is -2.39. The fourth-order valence-corrected chi connectivity index (χ4v) is 1.59. The van der Waals surface area contributed by atoms with Gasteiger partial charge < -0.3 is 15.4 Å². The number of primary amides is 1. The first-order valence-corrected chi connectivity index (χ1v) is 6.93. The third kappa shape index (κ3) is 9.35. The molecule has 0 saturated carbocycles. The van der Waals surface area contributed by atoms with E-state index < -0.39 is 17.5 Å². The molecule has 0 aromatic rings. The number of amides is 2. The Morgan fingerprint density at radius 1 is 1.15 bits per heavy atom. The lowest BCUT2D eigenvalue weighted by Gasteiger charge is -2.22. The van der Waals surface area contributed by atoms with E-state index in [-0.39, 0.29) is 25.3 Å². The molecule has 0 saturated heterocycles. The Hall–Kier alpha value is -1.59. The average Bonchev–Trinajstić information content (AvgIpc) is 2.28. The number of rotatable bonds is 8. The predicted octanol–water partition coefficient (Wildman–Crippen LogP) is 1.22. The number of carbonyl (C=O) groups excluding carboxylic acids is 3. The Morgan fingerprint density at radius 3 is 2.20 bits per heavy atom. The topological polar surface area (TPSA) is 89.7 Å². The molecular weight excluding hydrogens is 260 g/mol. The largest absolute Gasteiger partial charge is 0.460 e. The molecular formula is C14H26N2O4. The first kappa shape index (κ1) is 18.4. The van der Waals surface area contributed by atoms with Crippen LogP contribution in [0.15, 0.2) is 0 Å². The molecule has 0 aromatic carbocycles. The van der Waals surface area contributed by atoms with Crippen LogP contribution in [0.4, 0.5) is 0 Å². The Balaban J connectivity index is 4.31. The number of carbonyl (C=O) groups is 3. The summed E-state index contributed by atoms with van der Waals surface area (Å²) in [6.45, 7) is 7.68. The number of ether oxygens (including phenoxy) is 1. The number of unbranched alkanes of at least 4 members (excludes halogenated alkanes) is 1. The molecule has 0 radical (unpaired) electrons. The van der Waals surface area contributed by atoms with E-state index in [0.717, 1.165) is 12.8 Å². The minimum atomic E-state index is -0.560. The van der Waals surface area contributed by atoms with Crippen molar-refractivity contribution >= 4 is 17.8 Å². The van der Waals surface area contributed by atoms with E-state index in [0.29, 0.717) is 6.54 Å². The molecule has 0 rings (SSSR count). The molecule has 0 atom stereocenters. The Kier molecular flexibility index (Phi) is 7.87. The summed E-state index contributed by atoms with van der Waals surface area (Å²) in [7, 11) is 0. The fraction of sp³-hybridized carbons (Fsp3) is 0.786. The van der Waals surface area contributed by atoms with Crippen molar-refractivity contribution in [1.29, 1.82) is 0 Å². The maximum atomic E-state index is 12.0. The van der Waals surface area contributed by atoms with Gasteiger partial charge in [0.25, 0.3) is 0 Å². The predicted molar refractivity (Wildman–Crippen MR) is 75.8 cm³/mol. The molecule has 6 nitrogen and oxygen atoms in total. The van der Waals surface area contributed by atoms with E-state index in [1.165, 1.54) is 4.90 Å². The molecule has 0 heterocycles. The second kappa shape index (κ2) is 8.55. The van der Waals surface area contributed by atoms with Crippen molar-refractivity contribution < 1.29 is 19.1 Å². The Morgan fingerprint density at radius 2 is 1.75 bits per heavy atom. The standard InChI is InChI=1S/C14H26N2O4/c1-5-6-9-16(10-11(15)17)12(18)7-8-13(19)20-14(2,3)4/h5-10H2,1-4H3,(H2,15,17). The minimum absolute atomic E-state index is 0.0114. The van der Waals surface area contributed by atoms with Gasteiger partial charge in [0.2, 0.25) is 11.8 Å². The molecule has 2 amide bonds. The summed E-state index contributed by atoms with van der Waals surface area (Å²) in [4.78, 5) is 35.8. The highest BCUT2D eigenvalue weighted by molar-refractivity contribution is 5.85. The molecule has 6 heteroatoms. The van der Waals surface area contributed by atoms with Gasteiger partial charge in [-0.2, -0.15) is 0 Å². The average molecular weight is 286 g/mol. The van der Waals surface area contributed by atoms with Crippen LogP contribution in [-0.2, 0) is 19.1 Å². The van der Waals surface area contributed by atoms with Gasteiger partial charge in [-0.05, 0) is 27.2 Å². The summed E-state index contributed by atoms with van der Waals surface area (Å²) in [5.41, 5.74) is 4.56. The van der Waals surface area contributed by atoms with Crippen LogP contribution in [0.3, 0.4) is 0 Å². The molecule has 0 aliphatic rings. The van der Waals surface area contributed by atoms with Gasteiger partial charge in [-0.25, -0.2) is 0 Å². The molecule has 0 spiro atoms. The zero-order valence-electron chi connectivity index (χ0n) is 12.9. The normalized spacial score (nSPS) is 11.0. The van der Waals surface area contributed by atoms with E-state index in [2.05, 4.69) is 0 Å². The Labute approximate surface area is 120 Å². The lowest BCUT2D eigenvalue weighted by atomic mass is 10.2. The van der Waals surface area contributed by atoms with E-state index >= 15 is 0 Å². The summed E-state index contributed by atoms with van der Waals surface area (Å²) >= 11 is 0. The third-order valence-corrected chi connectivity index (χ3v) is 2.44. The monoisotopic (exact) mass is 286 g/mol. The van der Waals surface area contributed by atoms with E-state index in [1.807, 2.05) is 6.92 Å². The lowest BCUT2D eigenvalue weighted by molar-refractivity contribution is -0.156. The van der Waals surface area contributed by atoms with E-state index in [9.17, 15) is 14.4 Å². The molecule has 0 aliphatic carbocycles. The van der Waals surface area contributed by atoms with Gasteiger partial charge in [0.15, 0.2) is 0 Å². The summed E-state index contributed by atoms with van der Waals surface area (Å²) in [6, 6.07) is 0. The SMILES string of the molecule is CCCCN(CC(N)=O)C(=O)CCC(=O)OC(C)(C)C. The highest BCUT2D eigenvalue weighted by Gasteiger charge is 2.20. The number of hydrogen-bond donors (Lipinski definition) is 1. The van der Waals surface area contributed by atoms with Crippen LogP contribution in [0.5, 0.6) is 0 Å². The molecule has 0 fully saturated rings. The van der Waals surface area contributed by atoms with Crippen molar-refractivity contribution in [2.45, 2.75) is 59.0 Å². The second-order valence-corrected chi connectivity index (χ2v) is 5.72. The Bertz CT molecular complexity index is 348. The number of esters is 1. The van der Waals surface area contributed by atoms with Crippen LogP contribution in [0.25, 0.3) is 0 Å². The molecule has 0 bridgehead atoms. The number of nitrogens with zero attached hydrogens (tertiary/aromatic N) is 1. The fourth-order valence-electron chi connectivity index (χ4n) is 1.59. The summed E-state index contributed by atoms with van der Waals surface area (Å²) in [5.74, 6) is -1.21. The van der Waals surface area contributed by atoms with Gasteiger partial charge in [-0.15, -0.1) is 0 Å². The van der Waals surface area contributed by atoms with Gasteiger partial charge >= 0.3 is 5.97 Å². The van der Waals surface area contributed by atoms with Gasteiger partial charge in [-0.3, -0.25) is 14.4 Å². The van der Waals surface area contributed by atoms with Crippen molar-refractivity contribution in [2.75, 3.05) is 13.1 Å². The van der Waals surface area contributed by atoms with Crippen molar-refractivity contribution in [3.8, 4) is 0 Å². The zero-order chi connectivity index (χ0) is 15.8. The summed E-state index contributed by atoms with van der Waals surface area (Å²) in [6.07, 6.45) is 1.75. The second-order valence-electron chi connectivity index (χ2n) is 5.72. The maximum Gasteiger partial charge on any atom is 0.306 e. The van der Waals surface area contributed by atoms with Crippen LogP contribution in [0.2, 0.25) is 0 Å². The molecule has 0 unspecified atom stereocenters. The van der Waals surface area contributed by atoms with Gasteiger partial charge in [0.1, 0.15) is 5.60 Å². The van der Waals surface area contributed by atoms with Crippen LogP contribution >= 0.6 is 0 Å². The maximum absolute atomic E-state index is 12.0. The quantitative estimate of drug-likeness (QED) is 0.679. The molecule has 116 valence electrons. The summed E-state index contributed by atoms with van der Waals surface area (Å²) < 4.78 is 5.13. The van der Waals surface area contributed by atoms with Gasteiger partial charge in [0.05, 0.1) is 13.0 Å². The minimum Gasteiger partial charge on any atom is -0.460 e. The van der Waals surface area contributed by atoms with Crippen molar-refractivity contribution in [2.24, 2.45) is 5.73 Å². The summed E-state index contributed by atoms with van der Waals surface area (Å²) in [5, 5.41) is 0. The van der Waals surface area contributed by atoms with E-state index in [4.69, 9.17) is 10.5 Å². The van der Waals surface area contributed by atoms with Crippen molar-refractivity contribution in [3.63, 3.8) is 0 Å². The first-order valence-electron chi connectivity index (χ1n) is 6.93. The zero-order valence-corrected chi connectivity index (χ0v) is 12.9. The molecule has 0 aromatic heterocycles. The van der Waals surface area contributed by atoms with Gasteiger partial charge in [0, 0.05) is 13.0 Å². The molecule has 2 N–H and O–H groups in total. The third-order valence-electron chi connectivity index (χ3n) is 2.44. The van der Waals surface area contributed by atoms with Crippen LogP contribution in [-0.4, -0.2) is 41.4 Å². The first-order chi connectivity index (χ1) is 9.15. The van der Waals surface area contributed by atoms with Crippen molar-refractivity contribution in [1.82, 2.24) is 4.90 Å². The molecule has 0 aliphatic heterocycles. The van der Waals surface area contributed by atoms with Gasteiger partial charge in [-0.1, -0.05) is 13.3 Å². The van der Waals surface area contributed by atoms with Crippen molar-refractivity contribution in [3.05, 3.63) is 0 Å². The number of nitrogens with two attached hydrogens (primary N) is 1. The molecule has 20 heavy (non-hydrogen) atoms.